The number of carboxylic acids is 1. The Morgan fingerprint density at radius 1 is 1.12 bits per heavy atom. The fourth-order valence-electron chi connectivity index (χ4n) is 4.85. The van der Waals surface area contributed by atoms with E-state index < -0.39 is 11.9 Å². The Hall–Kier alpha value is -2.77. The van der Waals surface area contributed by atoms with Crippen LogP contribution in [0.3, 0.4) is 0 Å². The number of methoxy groups -OCH3 is 1. The Morgan fingerprint density at radius 3 is 2.55 bits per heavy atom. The lowest BCUT2D eigenvalue weighted by Gasteiger charge is -2.35. The number of urea groups is 1. The number of carbonyl (C=O) groups is 3. The molecular formula is C26H27Cl2N5O5S2. The van der Waals surface area contributed by atoms with Crippen LogP contribution in [0.15, 0.2) is 35.4 Å². The monoisotopic (exact) mass is 623 g/mol. The van der Waals surface area contributed by atoms with Crippen LogP contribution in [0, 0.1) is 0 Å². The molecule has 0 aliphatic carbocycles. The van der Waals surface area contributed by atoms with Crippen LogP contribution in [0.1, 0.15) is 50.2 Å². The van der Waals surface area contributed by atoms with E-state index in [0.717, 1.165) is 30.8 Å². The smallest absolute Gasteiger partial charge is 0.337 e. The summed E-state index contributed by atoms with van der Waals surface area (Å²) >= 11 is 15.3. The summed E-state index contributed by atoms with van der Waals surface area (Å²) in [6.07, 6.45) is 2.01. The quantitative estimate of drug-likeness (QED) is 0.349. The summed E-state index contributed by atoms with van der Waals surface area (Å²) in [7, 11) is 1.51. The van der Waals surface area contributed by atoms with Crippen molar-refractivity contribution in [2.24, 2.45) is 0 Å². The molecule has 10 nitrogen and oxygen atoms in total. The van der Waals surface area contributed by atoms with Crippen LogP contribution in [-0.4, -0.2) is 82.4 Å². The molecule has 1 aromatic carbocycles. The number of hydrogen-bond donors (Lipinski definition) is 2. The minimum absolute atomic E-state index is 0.0000779. The topological polar surface area (TPSA) is 117 Å². The van der Waals surface area contributed by atoms with Gasteiger partial charge >= 0.3 is 12.0 Å². The highest BCUT2D eigenvalue weighted by molar-refractivity contribution is 7.98. The predicted molar refractivity (Wildman–Crippen MR) is 154 cm³/mol. The predicted octanol–water partition coefficient (Wildman–Crippen LogP) is 5.10. The minimum Gasteiger partial charge on any atom is -0.492 e. The lowest BCUT2D eigenvalue weighted by molar-refractivity contribution is 0.0697. The van der Waals surface area contributed by atoms with Crippen LogP contribution in [0.2, 0.25) is 9.36 Å². The van der Waals surface area contributed by atoms with Gasteiger partial charge in [-0.05, 0) is 37.1 Å². The normalized spacial score (nSPS) is 17.3. The third-order valence-electron chi connectivity index (χ3n) is 6.82. The van der Waals surface area contributed by atoms with E-state index in [1.807, 2.05) is 17.0 Å². The van der Waals surface area contributed by atoms with Crippen LogP contribution in [0.4, 0.5) is 4.79 Å². The fraction of sp³-hybridized carbons (Fsp3) is 0.385. The van der Waals surface area contributed by atoms with Crippen LogP contribution < -0.4 is 10.1 Å². The molecule has 14 heteroatoms. The number of likely N-dealkylation sites (tertiary alicyclic amines) is 1. The number of halogens is 2. The Labute approximate surface area is 249 Å². The average molecular weight is 625 g/mol. The largest absolute Gasteiger partial charge is 0.492 e. The van der Waals surface area contributed by atoms with Gasteiger partial charge in [0.15, 0.2) is 5.75 Å². The molecule has 0 radical (unpaired) electrons. The maximum absolute atomic E-state index is 13.8. The first-order valence-electron chi connectivity index (χ1n) is 12.7. The van der Waals surface area contributed by atoms with Gasteiger partial charge in [-0.1, -0.05) is 41.0 Å². The van der Waals surface area contributed by atoms with E-state index in [2.05, 4.69) is 10.4 Å². The Kier molecular flexibility index (Phi) is 8.91. The summed E-state index contributed by atoms with van der Waals surface area (Å²) in [5.74, 6) is -0.936. The maximum Gasteiger partial charge on any atom is 0.337 e. The number of piperazine rings is 1. The van der Waals surface area contributed by atoms with Crippen molar-refractivity contribution in [2.75, 3.05) is 39.8 Å². The molecule has 2 saturated heterocycles. The number of nitrogens with zero attached hydrogens (tertiary/aromatic N) is 4. The Morgan fingerprint density at radius 2 is 1.88 bits per heavy atom. The number of amides is 2. The molecule has 40 heavy (non-hydrogen) atoms. The van der Waals surface area contributed by atoms with Gasteiger partial charge in [0.2, 0.25) is 0 Å². The van der Waals surface area contributed by atoms with Crippen molar-refractivity contribution in [3.8, 4) is 5.75 Å². The summed E-state index contributed by atoms with van der Waals surface area (Å²) in [5, 5.41) is 17.9. The number of carbonyl (C=O) groups excluding carboxylic acids is 2. The minimum atomic E-state index is -1.24. The van der Waals surface area contributed by atoms with Crippen molar-refractivity contribution < 1.29 is 24.2 Å². The summed E-state index contributed by atoms with van der Waals surface area (Å²) in [5.41, 5.74) is 0.299. The van der Waals surface area contributed by atoms with E-state index in [1.54, 1.807) is 4.90 Å². The van der Waals surface area contributed by atoms with Crippen LogP contribution in [0.25, 0.3) is 0 Å². The second-order valence-electron chi connectivity index (χ2n) is 9.34. The molecule has 0 saturated carbocycles. The first-order valence-corrected chi connectivity index (χ1v) is 15.2. The molecule has 3 aromatic rings. The number of nitrogens with one attached hydrogen (secondary N) is 1. The molecule has 0 spiro atoms. The van der Waals surface area contributed by atoms with Crippen molar-refractivity contribution in [1.82, 2.24) is 24.9 Å². The van der Waals surface area contributed by atoms with E-state index >= 15 is 0 Å². The van der Waals surface area contributed by atoms with Crippen molar-refractivity contribution in [3.63, 3.8) is 0 Å². The van der Waals surface area contributed by atoms with Gasteiger partial charge in [0.25, 0.3) is 5.91 Å². The summed E-state index contributed by atoms with van der Waals surface area (Å²) in [6, 6.07) is 7.60. The van der Waals surface area contributed by atoms with E-state index in [4.69, 9.17) is 27.9 Å². The molecule has 212 valence electrons. The fourth-order valence-corrected chi connectivity index (χ4v) is 7.37. The van der Waals surface area contributed by atoms with Crippen LogP contribution >= 0.6 is 46.3 Å². The number of thioether (sulfide) groups is 1. The molecule has 2 N–H and O–H groups in total. The molecule has 0 bridgehead atoms. The van der Waals surface area contributed by atoms with Gasteiger partial charge in [-0.15, -0.1) is 11.3 Å². The second kappa shape index (κ2) is 12.4. The molecule has 1 unspecified atom stereocenters. The number of rotatable bonds is 7. The van der Waals surface area contributed by atoms with E-state index in [9.17, 15) is 19.5 Å². The number of aromatic carboxylic acids is 1. The van der Waals surface area contributed by atoms with Gasteiger partial charge in [0.1, 0.15) is 10.7 Å². The lowest BCUT2D eigenvalue weighted by atomic mass is 10.1. The highest BCUT2D eigenvalue weighted by Gasteiger charge is 2.35. The molecule has 5 rings (SSSR count). The highest BCUT2D eigenvalue weighted by atomic mass is 35.5. The number of hydrogen-bond acceptors (Lipinski definition) is 8. The lowest BCUT2D eigenvalue weighted by Crippen LogP contribution is -2.52. The number of thiophene rings is 1. The van der Waals surface area contributed by atoms with Crippen LogP contribution in [-0.2, 0) is 5.75 Å². The zero-order valence-electron chi connectivity index (χ0n) is 21.6. The SMILES string of the molecule is COc1c(C2CN(C(=O)N3CCCC3)CCN2)nn(C(=O)c2cccc(C(=O)O)c2Cl)c1SCc1ccc(Cl)s1. The zero-order chi connectivity index (χ0) is 28.4. The van der Waals surface area contributed by atoms with Gasteiger partial charge in [0, 0.05) is 43.4 Å². The van der Waals surface area contributed by atoms with Crippen molar-refractivity contribution in [2.45, 2.75) is 29.7 Å². The van der Waals surface area contributed by atoms with Crippen molar-refractivity contribution >= 4 is 64.2 Å². The number of ether oxygens (including phenoxy) is 1. The Bertz CT molecular complexity index is 1440. The second-order valence-corrected chi connectivity index (χ2v) is 12.5. The third kappa shape index (κ3) is 5.82. The van der Waals surface area contributed by atoms with Gasteiger partial charge < -0.3 is 25.0 Å². The van der Waals surface area contributed by atoms with Gasteiger partial charge in [-0.3, -0.25) is 4.79 Å². The Balaban J connectivity index is 1.52. The highest BCUT2D eigenvalue weighted by Crippen LogP contribution is 2.40. The first kappa shape index (κ1) is 28.7. The molecule has 1 atom stereocenters. The molecule has 2 aliphatic rings. The van der Waals surface area contributed by atoms with Gasteiger partial charge in [-0.2, -0.15) is 9.78 Å². The maximum atomic E-state index is 13.8. The van der Waals surface area contributed by atoms with Gasteiger partial charge in [-0.25, -0.2) is 9.59 Å². The summed E-state index contributed by atoms with van der Waals surface area (Å²) in [4.78, 5) is 43.3. The first-order chi connectivity index (χ1) is 19.3. The summed E-state index contributed by atoms with van der Waals surface area (Å²) in [6.45, 7) is 2.98. The van der Waals surface area contributed by atoms with Gasteiger partial charge in [0.05, 0.1) is 33.6 Å². The van der Waals surface area contributed by atoms with Crippen molar-refractivity contribution in [1.29, 1.82) is 0 Å². The van der Waals surface area contributed by atoms with E-state index in [0.29, 0.717) is 46.2 Å². The number of aromatic nitrogens is 2. The number of benzene rings is 1. The van der Waals surface area contributed by atoms with Crippen molar-refractivity contribution in [3.05, 3.63) is 61.4 Å². The third-order valence-corrected chi connectivity index (χ3v) is 9.72. The summed E-state index contributed by atoms with van der Waals surface area (Å²) < 4.78 is 7.68. The zero-order valence-corrected chi connectivity index (χ0v) is 24.7. The average Bonchev–Trinajstić information content (AvgIpc) is 3.71. The molecule has 2 aliphatic heterocycles. The molecule has 2 amide bonds. The number of carboxylic acid groups (broad SMARTS) is 1. The van der Waals surface area contributed by atoms with Crippen LogP contribution in [0.5, 0.6) is 5.75 Å². The molecule has 4 heterocycles. The molecular weight excluding hydrogens is 597 g/mol. The standard InChI is InChI=1S/C26H27Cl2N5O5S2/c1-38-22-21(18-13-32(12-9-29-18)26(37)31-10-2-3-11-31)30-33(24(22)39-14-15-7-8-19(27)40-15)23(34)16-5-4-6-17(20(16)28)25(35)36/h4-8,18,29H,2-3,9-14H2,1H3,(H,35,36). The van der Waals surface area contributed by atoms with E-state index in [1.165, 1.54) is 53.1 Å². The molecule has 2 fully saturated rings. The van der Waals surface area contributed by atoms with E-state index in [-0.39, 0.29) is 28.2 Å². The molecule has 2 aromatic heterocycles.